The van der Waals surface area contributed by atoms with E-state index in [-0.39, 0.29) is 18.1 Å². The van der Waals surface area contributed by atoms with Crippen molar-refractivity contribution < 1.29 is 9.90 Å². The number of benzene rings is 2. The molecule has 0 aromatic heterocycles. The van der Waals surface area contributed by atoms with Crippen molar-refractivity contribution in [1.82, 2.24) is 5.43 Å². The highest BCUT2D eigenvalue weighted by molar-refractivity contribution is 14.1. The average molecular weight is 473 g/mol. The Morgan fingerprint density at radius 1 is 1.36 bits per heavy atom. The first-order valence-corrected chi connectivity index (χ1v) is 8.38. The molecule has 0 aliphatic rings. The Hall–Kier alpha value is -1.41. The molecule has 2 aromatic rings. The molecule has 22 heavy (non-hydrogen) atoms. The van der Waals surface area contributed by atoms with Crippen LogP contribution in [0.3, 0.4) is 0 Å². The van der Waals surface area contributed by atoms with E-state index in [2.05, 4.69) is 49.0 Å². The third kappa shape index (κ3) is 4.81. The van der Waals surface area contributed by atoms with E-state index in [1.165, 1.54) is 6.21 Å². The fourth-order valence-corrected chi connectivity index (χ4v) is 2.93. The van der Waals surface area contributed by atoms with Gasteiger partial charge in [-0.1, -0.05) is 28.1 Å². The van der Waals surface area contributed by atoms with Crippen molar-refractivity contribution in [2.45, 2.75) is 13.3 Å². The number of amides is 1. The molecule has 0 unspecified atom stereocenters. The predicted octanol–water partition coefficient (Wildman–Crippen LogP) is 3.76. The zero-order valence-corrected chi connectivity index (χ0v) is 15.6. The van der Waals surface area contributed by atoms with E-state index in [0.717, 1.165) is 19.2 Å². The number of rotatable bonds is 4. The molecule has 0 radical (unpaired) electrons. The minimum Gasteiger partial charge on any atom is -0.507 e. The molecular weight excluding hydrogens is 459 g/mol. The summed E-state index contributed by atoms with van der Waals surface area (Å²) in [6, 6.07) is 11.2. The molecule has 0 aliphatic heterocycles. The van der Waals surface area contributed by atoms with Gasteiger partial charge in [0.15, 0.2) is 0 Å². The quantitative estimate of drug-likeness (QED) is 0.404. The Bertz CT molecular complexity index is 715. The highest BCUT2D eigenvalue weighted by Gasteiger charge is 2.05. The number of aromatic hydroxyl groups is 1. The molecule has 0 spiro atoms. The van der Waals surface area contributed by atoms with E-state index in [4.69, 9.17) is 0 Å². The van der Waals surface area contributed by atoms with E-state index in [1.807, 2.05) is 37.3 Å². The zero-order chi connectivity index (χ0) is 16.1. The summed E-state index contributed by atoms with van der Waals surface area (Å²) in [6.07, 6.45) is 1.70. The monoisotopic (exact) mass is 472 g/mol. The number of hydrogen-bond acceptors (Lipinski definition) is 3. The molecule has 114 valence electrons. The van der Waals surface area contributed by atoms with Crippen LogP contribution < -0.4 is 5.43 Å². The fraction of sp³-hybridized carbons (Fsp3) is 0.125. The lowest BCUT2D eigenvalue weighted by atomic mass is 10.1. The third-order valence-electron chi connectivity index (χ3n) is 2.97. The van der Waals surface area contributed by atoms with Crippen LogP contribution in [0.1, 0.15) is 16.7 Å². The van der Waals surface area contributed by atoms with E-state index in [0.29, 0.717) is 5.56 Å². The van der Waals surface area contributed by atoms with Gasteiger partial charge in [-0.05, 0) is 64.9 Å². The molecular formula is C16H14BrIN2O2. The van der Waals surface area contributed by atoms with E-state index >= 15 is 0 Å². The topological polar surface area (TPSA) is 61.7 Å². The van der Waals surface area contributed by atoms with Crippen molar-refractivity contribution in [3.05, 3.63) is 61.1 Å². The largest absolute Gasteiger partial charge is 0.507 e. The van der Waals surface area contributed by atoms with Gasteiger partial charge in [-0.25, -0.2) is 5.43 Å². The van der Waals surface area contributed by atoms with Crippen molar-refractivity contribution in [2.24, 2.45) is 5.10 Å². The van der Waals surface area contributed by atoms with Crippen molar-refractivity contribution in [1.29, 1.82) is 0 Å². The molecule has 6 heteroatoms. The first kappa shape index (κ1) is 17.0. The molecule has 0 saturated carbocycles. The molecule has 2 aromatic carbocycles. The summed E-state index contributed by atoms with van der Waals surface area (Å²) in [5.41, 5.74) is 4.72. The van der Waals surface area contributed by atoms with Crippen molar-refractivity contribution in [3.63, 3.8) is 0 Å². The second kappa shape index (κ2) is 7.73. The zero-order valence-electron chi connectivity index (χ0n) is 11.8. The highest BCUT2D eigenvalue weighted by Crippen LogP contribution is 2.23. The summed E-state index contributed by atoms with van der Waals surface area (Å²) >= 11 is 5.52. The van der Waals surface area contributed by atoms with E-state index in [9.17, 15) is 9.90 Å². The maximum atomic E-state index is 11.8. The lowest BCUT2D eigenvalue weighted by molar-refractivity contribution is -0.120. The van der Waals surface area contributed by atoms with Gasteiger partial charge in [0.05, 0.1) is 12.6 Å². The molecule has 1 amide bonds. The van der Waals surface area contributed by atoms with Gasteiger partial charge >= 0.3 is 0 Å². The maximum absolute atomic E-state index is 11.8. The van der Waals surface area contributed by atoms with Crippen LogP contribution in [-0.4, -0.2) is 17.2 Å². The number of phenolic OH excluding ortho intramolecular Hbond substituents is 1. The molecule has 0 atom stereocenters. The molecule has 0 aliphatic carbocycles. The van der Waals surface area contributed by atoms with Gasteiger partial charge in [0, 0.05) is 13.6 Å². The Morgan fingerprint density at radius 2 is 2.05 bits per heavy atom. The number of halogens is 2. The smallest absolute Gasteiger partial charge is 0.244 e. The summed E-state index contributed by atoms with van der Waals surface area (Å²) in [6.45, 7) is 1.82. The van der Waals surface area contributed by atoms with Crippen molar-refractivity contribution in [3.8, 4) is 5.75 Å². The van der Waals surface area contributed by atoms with Crippen LogP contribution in [0.25, 0.3) is 0 Å². The van der Waals surface area contributed by atoms with Crippen LogP contribution in [0.2, 0.25) is 0 Å². The number of phenols is 1. The van der Waals surface area contributed by atoms with Crippen LogP contribution in [0, 0.1) is 10.5 Å². The Kier molecular flexibility index (Phi) is 5.96. The van der Waals surface area contributed by atoms with E-state index < -0.39 is 0 Å². The van der Waals surface area contributed by atoms with Gasteiger partial charge in [-0.3, -0.25) is 4.79 Å². The van der Waals surface area contributed by atoms with Crippen molar-refractivity contribution >= 4 is 50.6 Å². The molecule has 0 fully saturated rings. The number of nitrogens with zero attached hydrogens (tertiary/aromatic N) is 1. The normalized spacial score (nSPS) is 10.9. The maximum Gasteiger partial charge on any atom is 0.244 e. The SMILES string of the molecule is Cc1cc(I)cc(C=NNC(=O)Cc2ccc(Br)cc2)c1O. The highest BCUT2D eigenvalue weighted by atomic mass is 127. The number of aryl methyl sites for hydroxylation is 1. The molecule has 2 rings (SSSR count). The third-order valence-corrected chi connectivity index (χ3v) is 4.12. The number of carbonyl (C=O) groups is 1. The predicted molar refractivity (Wildman–Crippen MR) is 99.1 cm³/mol. The average Bonchev–Trinajstić information content (AvgIpc) is 2.46. The second-order valence-electron chi connectivity index (χ2n) is 4.76. The van der Waals surface area contributed by atoms with Gasteiger partial charge in [0.25, 0.3) is 0 Å². The number of carbonyl (C=O) groups excluding carboxylic acids is 1. The van der Waals surface area contributed by atoms with Gasteiger partial charge in [0.2, 0.25) is 5.91 Å². The van der Waals surface area contributed by atoms with Crippen LogP contribution >= 0.6 is 38.5 Å². The van der Waals surface area contributed by atoms with Crippen LogP contribution in [0.4, 0.5) is 0 Å². The second-order valence-corrected chi connectivity index (χ2v) is 6.92. The minimum atomic E-state index is -0.208. The van der Waals surface area contributed by atoms with Gasteiger partial charge in [-0.15, -0.1) is 0 Å². The first-order valence-electron chi connectivity index (χ1n) is 6.51. The van der Waals surface area contributed by atoms with Crippen LogP contribution in [0.5, 0.6) is 5.75 Å². The van der Waals surface area contributed by atoms with Crippen LogP contribution in [0.15, 0.2) is 46.0 Å². The number of nitrogens with one attached hydrogen (secondary N) is 1. The Balaban J connectivity index is 1.97. The minimum absolute atomic E-state index is 0.173. The molecule has 0 bridgehead atoms. The molecule has 2 N–H and O–H groups in total. The van der Waals surface area contributed by atoms with Gasteiger partial charge < -0.3 is 5.11 Å². The summed E-state index contributed by atoms with van der Waals surface area (Å²) in [7, 11) is 0. The standard InChI is InChI=1S/C16H14BrIN2O2/c1-10-6-14(18)8-12(16(10)22)9-19-20-15(21)7-11-2-4-13(17)5-3-11/h2-6,8-9,22H,7H2,1H3,(H,20,21). The fourth-order valence-electron chi connectivity index (χ4n) is 1.86. The number of hydrogen-bond donors (Lipinski definition) is 2. The lowest BCUT2D eigenvalue weighted by Gasteiger charge is -2.04. The Labute approximate surface area is 150 Å². The van der Waals surface area contributed by atoms with E-state index in [1.54, 1.807) is 6.07 Å². The summed E-state index contributed by atoms with van der Waals surface area (Å²) in [4.78, 5) is 11.8. The Morgan fingerprint density at radius 3 is 2.73 bits per heavy atom. The molecule has 0 heterocycles. The molecule has 0 saturated heterocycles. The summed E-state index contributed by atoms with van der Waals surface area (Å²) < 4.78 is 1.97. The number of hydrazone groups is 1. The van der Waals surface area contributed by atoms with Crippen molar-refractivity contribution in [2.75, 3.05) is 0 Å². The molecule has 4 nitrogen and oxygen atoms in total. The van der Waals surface area contributed by atoms with Gasteiger partial charge in [0.1, 0.15) is 5.75 Å². The lowest BCUT2D eigenvalue weighted by Crippen LogP contribution is -2.19. The van der Waals surface area contributed by atoms with Crippen LogP contribution in [-0.2, 0) is 11.2 Å². The summed E-state index contributed by atoms with van der Waals surface area (Å²) in [5.74, 6) is -0.0354. The first-order chi connectivity index (χ1) is 10.5. The summed E-state index contributed by atoms with van der Waals surface area (Å²) in [5, 5.41) is 13.8. The van der Waals surface area contributed by atoms with Gasteiger partial charge in [-0.2, -0.15) is 5.10 Å².